The molecule has 6 rings (SSSR count). The lowest BCUT2D eigenvalue weighted by Gasteiger charge is -2.63. The Hall–Kier alpha value is -0.820. The van der Waals surface area contributed by atoms with Gasteiger partial charge < -0.3 is 14.6 Å². The monoisotopic (exact) mass is 512 g/mol. The largest absolute Gasteiger partial charge is 0.462 e. The van der Waals surface area contributed by atoms with Crippen LogP contribution in [0.25, 0.3) is 0 Å². The van der Waals surface area contributed by atoms with Crippen molar-refractivity contribution >= 4 is 5.97 Å². The Labute approximate surface area is 213 Å². The van der Waals surface area contributed by atoms with E-state index in [1.807, 2.05) is 6.92 Å². The lowest BCUT2D eigenvalue weighted by Crippen LogP contribution is -2.59. The molecule has 0 amide bonds. The van der Waals surface area contributed by atoms with Crippen LogP contribution in [0.1, 0.15) is 99.3 Å². The van der Waals surface area contributed by atoms with Crippen LogP contribution in [0, 0.1) is 50.7 Å². The summed E-state index contributed by atoms with van der Waals surface area (Å²) in [6.07, 6.45) is 2.32. The zero-order valence-corrected chi connectivity index (χ0v) is 22.6. The van der Waals surface area contributed by atoms with E-state index in [9.17, 15) is 23.1 Å². The highest BCUT2D eigenvalue weighted by molar-refractivity contribution is 5.66. The third-order valence-corrected chi connectivity index (χ3v) is 13.4. The fraction of sp³-hybridized carbons (Fsp3) is 0.966. The van der Waals surface area contributed by atoms with Gasteiger partial charge in [-0.25, -0.2) is 0 Å². The minimum Gasteiger partial charge on any atom is -0.462 e. The molecule has 5 aliphatic carbocycles. The molecule has 204 valence electrons. The van der Waals surface area contributed by atoms with Gasteiger partial charge in [-0.1, -0.05) is 34.6 Å². The van der Waals surface area contributed by atoms with Gasteiger partial charge in [-0.15, -0.1) is 0 Å². The van der Waals surface area contributed by atoms with Crippen LogP contribution in [0.2, 0.25) is 0 Å². The topological polar surface area (TPSA) is 55.8 Å². The van der Waals surface area contributed by atoms with E-state index in [1.165, 1.54) is 13.3 Å². The summed E-state index contributed by atoms with van der Waals surface area (Å²) in [5, 5.41) is 10.5. The van der Waals surface area contributed by atoms with E-state index in [0.29, 0.717) is 18.3 Å². The van der Waals surface area contributed by atoms with Crippen molar-refractivity contribution < 1.29 is 32.5 Å². The van der Waals surface area contributed by atoms with Crippen molar-refractivity contribution in [1.29, 1.82) is 0 Å². The number of carbonyl (C=O) groups excluding carboxylic acids is 1. The van der Waals surface area contributed by atoms with Crippen LogP contribution in [0.4, 0.5) is 13.2 Å². The summed E-state index contributed by atoms with van der Waals surface area (Å²) in [6.45, 7) is 12.6. The molecule has 1 N–H and O–H groups in total. The smallest absolute Gasteiger partial charge is 0.443 e. The number of esters is 1. The van der Waals surface area contributed by atoms with Gasteiger partial charge >= 0.3 is 12.1 Å². The van der Waals surface area contributed by atoms with Crippen molar-refractivity contribution in [1.82, 2.24) is 0 Å². The first-order chi connectivity index (χ1) is 16.5. The van der Waals surface area contributed by atoms with E-state index in [0.717, 1.165) is 38.5 Å². The fourth-order valence-corrected chi connectivity index (χ4v) is 12.0. The highest BCUT2D eigenvalue weighted by Gasteiger charge is 2.83. The normalized spacial score (nSPS) is 56.9. The number of alkyl halides is 3. The first kappa shape index (κ1) is 25.5. The molecule has 1 heterocycles. The average Bonchev–Trinajstić information content (AvgIpc) is 3.33. The first-order valence-corrected chi connectivity index (χ1v) is 14.1. The van der Waals surface area contributed by atoms with Crippen LogP contribution in [0.3, 0.4) is 0 Å². The Kier molecular flexibility index (Phi) is 4.97. The van der Waals surface area contributed by atoms with Gasteiger partial charge in [0.15, 0.2) is 0 Å². The van der Waals surface area contributed by atoms with Gasteiger partial charge in [0.2, 0.25) is 0 Å². The van der Waals surface area contributed by atoms with E-state index in [-0.39, 0.29) is 57.4 Å². The standard InChI is InChI=1S/C29H43F3O4/c1-16-13-28(34,29(30,31)32)36-18-14-25(6)20-8-7-19-23(3,4)21(35-17(2)33)9-10-26(19)15-27(20,26)12-11-24(25,5)22(16)18/h16,18-22,34H,7-15H2,1-6H3/t16-,18?,19?,20?,21+,22?,24-,25+,26-,27+,28?/m1/s1. The second-order valence-corrected chi connectivity index (χ2v) is 14.8. The Bertz CT molecular complexity index is 980. The maximum atomic E-state index is 13.8. The minimum atomic E-state index is -4.78. The zero-order chi connectivity index (χ0) is 26.3. The van der Waals surface area contributed by atoms with Crippen molar-refractivity contribution in [2.24, 2.45) is 50.7 Å². The molecule has 0 aromatic heterocycles. The molecule has 7 heteroatoms. The molecule has 0 aromatic carbocycles. The van der Waals surface area contributed by atoms with Crippen molar-refractivity contribution in [3.8, 4) is 0 Å². The fourth-order valence-electron chi connectivity index (χ4n) is 12.0. The number of carbonyl (C=O) groups is 1. The van der Waals surface area contributed by atoms with E-state index < -0.39 is 18.1 Å². The lowest BCUT2D eigenvalue weighted by atomic mass is 9.41. The summed E-state index contributed by atoms with van der Waals surface area (Å²) in [5.41, 5.74) is 0.204. The predicted octanol–water partition coefficient (Wildman–Crippen LogP) is 6.64. The van der Waals surface area contributed by atoms with Gasteiger partial charge in [0, 0.05) is 18.8 Å². The van der Waals surface area contributed by atoms with Crippen molar-refractivity contribution in [3.05, 3.63) is 0 Å². The number of halogens is 3. The number of fused-ring (bicyclic) bond motifs is 4. The summed E-state index contributed by atoms with van der Waals surface area (Å²) in [7, 11) is 0. The summed E-state index contributed by atoms with van der Waals surface area (Å²) >= 11 is 0. The average molecular weight is 513 g/mol. The maximum Gasteiger partial charge on any atom is 0.443 e. The van der Waals surface area contributed by atoms with Crippen LogP contribution in [-0.4, -0.2) is 35.2 Å². The van der Waals surface area contributed by atoms with E-state index in [4.69, 9.17) is 9.47 Å². The van der Waals surface area contributed by atoms with Gasteiger partial charge in [0.05, 0.1) is 6.10 Å². The van der Waals surface area contributed by atoms with Crippen molar-refractivity contribution in [2.45, 2.75) is 124 Å². The predicted molar refractivity (Wildman–Crippen MR) is 127 cm³/mol. The molecule has 0 aromatic rings. The molecule has 1 aliphatic heterocycles. The molecular weight excluding hydrogens is 469 g/mol. The number of aliphatic hydroxyl groups is 1. The first-order valence-electron chi connectivity index (χ1n) is 14.1. The molecular formula is C29H43F3O4. The lowest BCUT2D eigenvalue weighted by molar-refractivity contribution is -0.401. The molecule has 5 unspecified atom stereocenters. The van der Waals surface area contributed by atoms with Crippen LogP contribution in [0.15, 0.2) is 0 Å². The van der Waals surface area contributed by atoms with Crippen LogP contribution < -0.4 is 0 Å². The molecule has 4 nitrogen and oxygen atoms in total. The van der Waals surface area contributed by atoms with Gasteiger partial charge in [-0.05, 0) is 96.7 Å². The molecule has 1 saturated heterocycles. The molecule has 0 bridgehead atoms. The van der Waals surface area contributed by atoms with Crippen LogP contribution >= 0.6 is 0 Å². The molecule has 36 heavy (non-hydrogen) atoms. The third kappa shape index (κ3) is 2.78. The number of hydrogen-bond acceptors (Lipinski definition) is 4. The Balaban J connectivity index is 1.33. The summed E-state index contributed by atoms with van der Waals surface area (Å²) in [4.78, 5) is 11.8. The summed E-state index contributed by atoms with van der Waals surface area (Å²) in [6, 6.07) is 0. The summed E-state index contributed by atoms with van der Waals surface area (Å²) in [5.74, 6) is -2.50. The Morgan fingerprint density at radius 3 is 2.22 bits per heavy atom. The van der Waals surface area contributed by atoms with E-state index >= 15 is 0 Å². The molecule has 6 aliphatic rings. The van der Waals surface area contributed by atoms with Crippen molar-refractivity contribution in [2.75, 3.05) is 0 Å². The van der Waals surface area contributed by atoms with Gasteiger partial charge in [-0.2, -0.15) is 13.2 Å². The highest BCUT2D eigenvalue weighted by Crippen LogP contribution is 2.89. The highest BCUT2D eigenvalue weighted by atomic mass is 19.4. The second kappa shape index (κ2) is 7.03. The van der Waals surface area contributed by atoms with Gasteiger partial charge in [-0.3, -0.25) is 4.79 Å². The Morgan fingerprint density at radius 2 is 1.58 bits per heavy atom. The summed E-state index contributed by atoms with van der Waals surface area (Å²) < 4.78 is 52.9. The SMILES string of the molecule is CC(=O)O[C@H]1CC[C@]23C[C@]24CC[C@]2(C)C5C(C[C@@]2(C)C4CCC3C1(C)C)OC(O)(C(F)(F)F)C[C@H]5C. The Morgan fingerprint density at radius 1 is 0.944 bits per heavy atom. The maximum absolute atomic E-state index is 13.8. The van der Waals surface area contributed by atoms with Crippen LogP contribution in [-0.2, 0) is 14.3 Å². The van der Waals surface area contributed by atoms with Gasteiger partial charge in [0.25, 0.3) is 5.79 Å². The quantitative estimate of drug-likeness (QED) is 0.400. The minimum absolute atomic E-state index is 0.0334. The molecule has 11 atom stereocenters. The third-order valence-electron chi connectivity index (χ3n) is 13.4. The van der Waals surface area contributed by atoms with Crippen LogP contribution in [0.5, 0.6) is 0 Å². The van der Waals surface area contributed by atoms with E-state index in [1.54, 1.807) is 0 Å². The number of ether oxygens (including phenoxy) is 2. The number of hydrogen-bond donors (Lipinski definition) is 1. The molecule has 6 fully saturated rings. The number of rotatable bonds is 1. The second-order valence-electron chi connectivity index (χ2n) is 14.8. The van der Waals surface area contributed by atoms with Gasteiger partial charge in [0.1, 0.15) is 6.10 Å². The van der Waals surface area contributed by atoms with Crippen molar-refractivity contribution in [3.63, 3.8) is 0 Å². The zero-order valence-electron chi connectivity index (χ0n) is 22.6. The molecule has 5 saturated carbocycles. The molecule has 2 spiro atoms. The van der Waals surface area contributed by atoms with E-state index in [2.05, 4.69) is 27.7 Å². The molecule has 0 radical (unpaired) electrons.